The van der Waals surface area contributed by atoms with Gasteiger partial charge in [-0.05, 0) is 6.42 Å². The molecular weight excluding hydrogens is 176 g/mol. The van der Waals surface area contributed by atoms with Crippen molar-refractivity contribution >= 4 is 0 Å². The molecule has 0 aliphatic carbocycles. The van der Waals surface area contributed by atoms with E-state index in [0.717, 1.165) is 0 Å². The summed E-state index contributed by atoms with van der Waals surface area (Å²) in [5.41, 5.74) is 0. The maximum absolute atomic E-state index is 9.43. The summed E-state index contributed by atoms with van der Waals surface area (Å²) >= 11 is 0. The van der Waals surface area contributed by atoms with Crippen LogP contribution in [0.2, 0.25) is 0 Å². The second-order valence-corrected chi connectivity index (χ2v) is 3.16. The van der Waals surface area contributed by atoms with E-state index in [1.165, 1.54) is 7.11 Å². The van der Waals surface area contributed by atoms with Crippen LogP contribution in [0.15, 0.2) is 0 Å². The van der Waals surface area contributed by atoms with Gasteiger partial charge in [-0.2, -0.15) is 0 Å². The third kappa shape index (κ3) is 2.00. The number of rotatable bonds is 2. The quantitative estimate of drug-likeness (QED) is 0.515. The molecule has 0 aromatic heterocycles. The average molecular weight is 192 g/mol. The molecule has 1 rings (SSSR count). The molecule has 0 spiro atoms. The Morgan fingerprint density at radius 1 is 1.15 bits per heavy atom. The molecule has 13 heavy (non-hydrogen) atoms. The van der Waals surface area contributed by atoms with Crippen LogP contribution < -0.4 is 0 Å². The topological polar surface area (TPSA) is 79.2 Å². The zero-order chi connectivity index (χ0) is 10.0. The smallest absolute Gasteiger partial charge is 0.186 e. The van der Waals surface area contributed by atoms with Crippen LogP contribution in [0.5, 0.6) is 0 Å². The zero-order valence-corrected chi connectivity index (χ0v) is 7.75. The molecule has 5 heteroatoms. The molecule has 1 aliphatic rings. The van der Waals surface area contributed by atoms with Crippen molar-refractivity contribution in [3.8, 4) is 0 Å². The fraction of sp³-hybridized carbons (Fsp3) is 1.00. The summed E-state index contributed by atoms with van der Waals surface area (Å²) in [4.78, 5) is 0. The minimum absolute atomic E-state index is 0.483. The molecule has 5 nitrogen and oxygen atoms in total. The normalized spacial score (nSPS) is 46.4. The second kappa shape index (κ2) is 4.34. The Kier molecular flexibility index (Phi) is 3.63. The summed E-state index contributed by atoms with van der Waals surface area (Å²) in [6.07, 6.45) is -4.23. The molecule has 0 saturated carbocycles. The van der Waals surface area contributed by atoms with Crippen LogP contribution in [0.1, 0.15) is 13.3 Å². The van der Waals surface area contributed by atoms with Crippen LogP contribution in [0.4, 0.5) is 0 Å². The molecule has 1 aliphatic heterocycles. The molecule has 0 radical (unpaired) electrons. The van der Waals surface area contributed by atoms with Gasteiger partial charge in [0, 0.05) is 7.11 Å². The third-order valence-electron chi connectivity index (χ3n) is 2.30. The van der Waals surface area contributed by atoms with Gasteiger partial charge in [0.15, 0.2) is 6.29 Å². The summed E-state index contributed by atoms with van der Waals surface area (Å²) in [5.74, 6) is 0. The SMILES string of the molecule is CC[C@H]1OC(OC)[C@@H](O)[C@@H](O)[C@@H]1O. The van der Waals surface area contributed by atoms with Gasteiger partial charge in [0.05, 0.1) is 6.10 Å². The lowest BCUT2D eigenvalue weighted by molar-refractivity contribution is -0.290. The molecule has 5 atom stereocenters. The first-order chi connectivity index (χ1) is 6.11. The van der Waals surface area contributed by atoms with Crippen molar-refractivity contribution < 1.29 is 24.8 Å². The first kappa shape index (κ1) is 10.9. The molecule has 0 aromatic rings. The molecular formula is C8H16O5. The van der Waals surface area contributed by atoms with E-state index in [4.69, 9.17) is 9.47 Å². The minimum atomic E-state index is -1.20. The standard InChI is InChI=1S/C8H16O5/c1-3-4-5(9)6(10)7(11)8(12-2)13-4/h4-11H,3H2,1-2H3/t4-,5-,6+,7+,8?/m1/s1. The molecule has 0 aromatic carbocycles. The number of ether oxygens (including phenoxy) is 2. The first-order valence-electron chi connectivity index (χ1n) is 4.34. The largest absolute Gasteiger partial charge is 0.388 e. The van der Waals surface area contributed by atoms with E-state index < -0.39 is 30.7 Å². The number of aliphatic hydroxyl groups is 3. The van der Waals surface area contributed by atoms with Crippen LogP contribution in [0.25, 0.3) is 0 Å². The summed E-state index contributed by atoms with van der Waals surface area (Å²) < 4.78 is 10.0. The van der Waals surface area contributed by atoms with E-state index in [1.807, 2.05) is 6.92 Å². The van der Waals surface area contributed by atoms with Crippen molar-refractivity contribution in [3.63, 3.8) is 0 Å². The lowest BCUT2D eigenvalue weighted by Crippen LogP contribution is -2.57. The summed E-state index contributed by atoms with van der Waals surface area (Å²) in [6, 6.07) is 0. The van der Waals surface area contributed by atoms with Crippen LogP contribution >= 0.6 is 0 Å². The van der Waals surface area contributed by atoms with E-state index in [0.29, 0.717) is 6.42 Å². The van der Waals surface area contributed by atoms with Gasteiger partial charge in [-0.3, -0.25) is 0 Å². The monoisotopic (exact) mass is 192 g/mol. The fourth-order valence-electron chi connectivity index (χ4n) is 1.45. The van der Waals surface area contributed by atoms with Crippen molar-refractivity contribution in [1.82, 2.24) is 0 Å². The lowest BCUT2D eigenvalue weighted by Gasteiger charge is -2.39. The van der Waals surface area contributed by atoms with Gasteiger partial charge in [0.25, 0.3) is 0 Å². The van der Waals surface area contributed by atoms with E-state index in [-0.39, 0.29) is 0 Å². The van der Waals surface area contributed by atoms with Crippen molar-refractivity contribution in [2.45, 2.75) is 44.1 Å². The zero-order valence-electron chi connectivity index (χ0n) is 7.75. The summed E-state index contributed by atoms with van der Waals surface area (Å²) in [7, 11) is 1.38. The molecule has 1 fully saturated rings. The highest BCUT2D eigenvalue weighted by molar-refractivity contribution is 4.88. The average Bonchev–Trinajstić information content (AvgIpc) is 2.15. The second-order valence-electron chi connectivity index (χ2n) is 3.16. The molecule has 0 amide bonds. The van der Waals surface area contributed by atoms with E-state index in [2.05, 4.69) is 0 Å². The van der Waals surface area contributed by atoms with E-state index in [9.17, 15) is 15.3 Å². The summed E-state index contributed by atoms with van der Waals surface area (Å²) in [5, 5.41) is 28.2. The highest BCUT2D eigenvalue weighted by Crippen LogP contribution is 2.23. The predicted molar refractivity (Wildman–Crippen MR) is 44.0 cm³/mol. The fourth-order valence-corrected chi connectivity index (χ4v) is 1.45. The van der Waals surface area contributed by atoms with Crippen LogP contribution in [-0.2, 0) is 9.47 Å². The molecule has 1 heterocycles. The number of aliphatic hydroxyl groups excluding tert-OH is 3. The number of methoxy groups -OCH3 is 1. The number of hydrogen-bond donors (Lipinski definition) is 3. The van der Waals surface area contributed by atoms with Crippen molar-refractivity contribution in [2.75, 3.05) is 7.11 Å². The van der Waals surface area contributed by atoms with Crippen LogP contribution in [0, 0.1) is 0 Å². The van der Waals surface area contributed by atoms with Gasteiger partial charge in [0.2, 0.25) is 0 Å². The summed E-state index contributed by atoms with van der Waals surface area (Å²) in [6.45, 7) is 1.82. The van der Waals surface area contributed by atoms with Gasteiger partial charge in [-0.25, -0.2) is 0 Å². The maximum atomic E-state index is 9.43. The molecule has 3 N–H and O–H groups in total. The van der Waals surface area contributed by atoms with E-state index in [1.54, 1.807) is 0 Å². The van der Waals surface area contributed by atoms with Gasteiger partial charge < -0.3 is 24.8 Å². The maximum Gasteiger partial charge on any atom is 0.186 e. The van der Waals surface area contributed by atoms with Gasteiger partial charge in [-0.1, -0.05) is 6.92 Å². The third-order valence-corrected chi connectivity index (χ3v) is 2.30. The number of hydrogen-bond acceptors (Lipinski definition) is 5. The lowest BCUT2D eigenvalue weighted by atomic mass is 9.97. The Hall–Kier alpha value is -0.200. The molecule has 78 valence electrons. The van der Waals surface area contributed by atoms with Crippen molar-refractivity contribution in [2.24, 2.45) is 0 Å². The van der Waals surface area contributed by atoms with Gasteiger partial charge >= 0.3 is 0 Å². The Morgan fingerprint density at radius 3 is 2.23 bits per heavy atom. The first-order valence-corrected chi connectivity index (χ1v) is 4.34. The Labute approximate surface area is 76.9 Å². The highest BCUT2D eigenvalue weighted by atomic mass is 16.7. The van der Waals surface area contributed by atoms with E-state index >= 15 is 0 Å². The molecule has 1 unspecified atom stereocenters. The highest BCUT2D eigenvalue weighted by Gasteiger charge is 2.42. The molecule has 0 bridgehead atoms. The van der Waals surface area contributed by atoms with Crippen LogP contribution in [-0.4, -0.2) is 53.1 Å². The van der Waals surface area contributed by atoms with Crippen molar-refractivity contribution in [1.29, 1.82) is 0 Å². The van der Waals surface area contributed by atoms with Crippen molar-refractivity contribution in [3.05, 3.63) is 0 Å². The minimum Gasteiger partial charge on any atom is -0.388 e. The Morgan fingerprint density at radius 2 is 1.77 bits per heavy atom. The van der Waals surface area contributed by atoms with Gasteiger partial charge in [0.1, 0.15) is 18.3 Å². The Balaban J connectivity index is 2.66. The molecule has 1 saturated heterocycles. The van der Waals surface area contributed by atoms with Crippen LogP contribution in [0.3, 0.4) is 0 Å². The Bertz CT molecular complexity index is 143. The van der Waals surface area contributed by atoms with Gasteiger partial charge in [-0.15, -0.1) is 0 Å². The predicted octanol–water partition coefficient (Wildman–Crippen LogP) is -1.15.